The second-order valence-corrected chi connectivity index (χ2v) is 6.14. The number of benzene rings is 1. The number of nitrogens with one attached hydrogen (secondary N) is 1. The van der Waals surface area contributed by atoms with Crippen LogP contribution in [0.1, 0.15) is 18.0 Å². The highest BCUT2D eigenvalue weighted by Crippen LogP contribution is 2.20. The topological polar surface area (TPSA) is 101 Å². The summed E-state index contributed by atoms with van der Waals surface area (Å²) in [7, 11) is -2.35. The third kappa shape index (κ3) is 3.67. The van der Waals surface area contributed by atoms with Crippen molar-refractivity contribution in [1.82, 2.24) is 14.5 Å². The fourth-order valence-electron chi connectivity index (χ4n) is 1.96. The van der Waals surface area contributed by atoms with Gasteiger partial charge in [0.2, 0.25) is 0 Å². The van der Waals surface area contributed by atoms with E-state index in [-0.39, 0.29) is 11.4 Å². The van der Waals surface area contributed by atoms with Crippen molar-refractivity contribution in [3.63, 3.8) is 0 Å². The van der Waals surface area contributed by atoms with E-state index in [0.29, 0.717) is 5.56 Å². The summed E-state index contributed by atoms with van der Waals surface area (Å²) in [6.45, 7) is 0. The molecule has 0 saturated heterocycles. The van der Waals surface area contributed by atoms with Gasteiger partial charge in [-0.2, -0.15) is 5.10 Å². The summed E-state index contributed by atoms with van der Waals surface area (Å²) in [5.41, 5.74) is 0.589. The molecule has 1 aromatic heterocycles. The molecule has 0 saturated carbocycles. The summed E-state index contributed by atoms with van der Waals surface area (Å²) >= 11 is 0. The van der Waals surface area contributed by atoms with Gasteiger partial charge in [0, 0.05) is 7.05 Å². The highest BCUT2D eigenvalue weighted by Gasteiger charge is 2.25. The Morgan fingerprint density at radius 3 is 2.52 bits per heavy atom. The molecule has 0 bridgehead atoms. The fraction of sp³-hybridized carbons (Fsp3) is 0.231. The Kier molecular flexibility index (Phi) is 4.39. The molecular weight excluding hydrogens is 294 g/mol. The number of hydrogen-bond acceptors (Lipinski definition) is 4. The molecule has 21 heavy (non-hydrogen) atoms. The lowest BCUT2D eigenvalue weighted by Gasteiger charge is -2.17. The first kappa shape index (κ1) is 15.2. The maximum absolute atomic E-state index is 12.3. The molecule has 2 aromatic rings. The molecule has 0 radical (unpaired) electrons. The average Bonchev–Trinajstić information content (AvgIpc) is 2.85. The SMILES string of the molecule is Cn1nccc1S(=O)(=O)NC(CC(=O)O)c1ccccc1. The van der Waals surface area contributed by atoms with E-state index in [0.717, 1.165) is 0 Å². The number of aliphatic carboxylic acids is 1. The van der Waals surface area contributed by atoms with Gasteiger partial charge in [0.05, 0.1) is 18.7 Å². The summed E-state index contributed by atoms with van der Waals surface area (Å²) in [6.07, 6.45) is 1.02. The van der Waals surface area contributed by atoms with E-state index in [4.69, 9.17) is 5.11 Å². The standard InChI is InChI=1S/C13H15N3O4S/c1-16-12(7-8-14-16)21(19,20)15-11(9-13(17)18)10-5-3-2-4-6-10/h2-8,11,15H,9H2,1H3,(H,17,18). The van der Waals surface area contributed by atoms with Crippen LogP contribution in [0.15, 0.2) is 47.6 Å². The van der Waals surface area contributed by atoms with Crippen LogP contribution in [0, 0.1) is 0 Å². The fourth-order valence-corrected chi connectivity index (χ4v) is 3.31. The van der Waals surface area contributed by atoms with E-state index in [1.54, 1.807) is 30.3 Å². The van der Waals surface area contributed by atoms with Crippen molar-refractivity contribution in [2.24, 2.45) is 7.05 Å². The van der Waals surface area contributed by atoms with Crippen LogP contribution in [0.25, 0.3) is 0 Å². The number of carboxylic acid groups (broad SMARTS) is 1. The van der Waals surface area contributed by atoms with Gasteiger partial charge in [-0.3, -0.25) is 9.48 Å². The smallest absolute Gasteiger partial charge is 0.305 e. The zero-order valence-corrected chi connectivity index (χ0v) is 12.1. The highest BCUT2D eigenvalue weighted by atomic mass is 32.2. The van der Waals surface area contributed by atoms with Gasteiger partial charge >= 0.3 is 5.97 Å². The molecule has 1 unspecified atom stereocenters. The monoisotopic (exact) mass is 309 g/mol. The average molecular weight is 309 g/mol. The molecule has 0 spiro atoms. The second kappa shape index (κ2) is 6.06. The Labute approximate surface area is 122 Å². The molecule has 0 aliphatic rings. The minimum Gasteiger partial charge on any atom is -0.481 e. The quantitative estimate of drug-likeness (QED) is 0.826. The zero-order chi connectivity index (χ0) is 15.5. The van der Waals surface area contributed by atoms with E-state index >= 15 is 0 Å². The predicted molar refractivity (Wildman–Crippen MR) is 75.0 cm³/mol. The van der Waals surface area contributed by atoms with Crippen LogP contribution in [0.3, 0.4) is 0 Å². The lowest BCUT2D eigenvalue weighted by Crippen LogP contribution is -2.31. The molecule has 1 aromatic carbocycles. The van der Waals surface area contributed by atoms with Crippen LogP contribution in [0.5, 0.6) is 0 Å². The minimum atomic E-state index is -3.85. The molecule has 2 N–H and O–H groups in total. The third-order valence-electron chi connectivity index (χ3n) is 2.93. The molecule has 8 heteroatoms. The molecule has 0 aliphatic heterocycles. The Balaban J connectivity index is 2.31. The van der Waals surface area contributed by atoms with Gasteiger partial charge in [-0.15, -0.1) is 0 Å². The first-order valence-electron chi connectivity index (χ1n) is 6.17. The number of hydrogen-bond donors (Lipinski definition) is 2. The Hall–Kier alpha value is -2.19. The van der Waals surface area contributed by atoms with E-state index in [1.165, 1.54) is 24.0 Å². The molecule has 0 fully saturated rings. The summed E-state index contributed by atoms with van der Waals surface area (Å²) < 4.78 is 28.3. The number of rotatable bonds is 6. The number of nitrogens with zero attached hydrogens (tertiary/aromatic N) is 2. The van der Waals surface area contributed by atoms with Gasteiger partial charge in [-0.05, 0) is 11.6 Å². The highest BCUT2D eigenvalue weighted by molar-refractivity contribution is 7.89. The molecule has 7 nitrogen and oxygen atoms in total. The van der Waals surface area contributed by atoms with Crippen LogP contribution in [0.2, 0.25) is 0 Å². The van der Waals surface area contributed by atoms with Crippen molar-refractivity contribution in [2.75, 3.05) is 0 Å². The van der Waals surface area contributed by atoms with Gasteiger partial charge in [0.1, 0.15) is 0 Å². The van der Waals surface area contributed by atoms with Gasteiger partial charge in [0.25, 0.3) is 10.0 Å². The minimum absolute atomic E-state index is 0.0196. The van der Waals surface area contributed by atoms with Crippen LogP contribution in [-0.2, 0) is 21.9 Å². The molecule has 0 amide bonds. The Morgan fingerprint density at radius 2 is 2.00 bits per heavy atom. The first-order chi connectivity index (χ1) is 9.90. The first-order valence-corrected chi connectivity index (χ1v) is 7.65. The van der Waals surface area contributed by atoms with Crippen LogP contribution in [-0.4, -0.2) is 29.3 Å². The van der Waals surface area contributed by atoms with E-state index < -0.39 is 22.0 Å². The summed E-state index contributed by atoms with van der Waals surface area (Å²) in [6, 6.07) is 9.09. The lowest BCUT2D eigenvalue weighted by atomic mass is 10.1. The van der Waals surface area contributed by atoms with Crippen LogP contribution >= 0.6 is 0 Å². The van der Waals surface area contributed by atoms with Crippen molar-refractivity contribution in [1.29, 1.82) is 0 Å². The predicted octanol–water partition coefficient (Wildman–Crippen LogP) is 0.914. The molecule has 1 heterocycles. The molecule has 0 aliphatic carbocycles. The normalized spacial score (nSPS) is 13.0. The Bertz CT molecular complexity index is 725. The second-order valence-electron chi connectivity index (χ2n) is 4.48. The molecule has 2 rings (SSSR count). The zero-order valence-electron chi connectivity index (χ0n) is 11.3. The largest absolute Gasteiger partial charge is 0.481 e. The van der Waals surface area contributed by atoms with Gasteiger partial charge in [0.15, 0.2) is 5.03 Å². The maximum Gasteiger partial charge on any atom is 0.305 e. The molecule has 1 atom stereocenters. The number of carbonyl (C=O) groups is 1. The lowest BCUT2D eigenvalue weighted by molar-refractivity contribution is -0.137. The number of sulfonamides is 1. The third-order valence-corrected chi connectivity index (χ3v) is 4.48. The number of carboxylic acids is 1. The van der Waals surface area contributed by atoms with Crippen molar-refractivity contribution in [3.8, 4) is 0 Å². The van der Waals surface area contributed by atoms with Crippen molar-refractivity contribution >= 4 is 16.0 Å². The Morgan fingerprint density at radius 1 is 1.33 bits per heavy atom. The van der Waals surface area contributed by atoms with Crippen molar-refractivity contribution in [3.05, 3.63) is 48.2 Å². The van der Waals surface area contributed by atoms with Crippen molar-refractivity contribution < 1.29 is 18.3 Å². The van der Waals surface area contributed by atoms with Gasteiger partial charge in [-0.25, -0.2) is 13.1 Å². The number of aryl methyl sites for hydroxylation is 1. The van der Waals surface area contributed by atoms with Crippen LogP contribution < -0.4 is 4.72 Å². The summed E-state index contributed by atoms with van der Waals surface area (Å²) in [4.78, 5) is 11.0. The van der Waals surface area contributed by atoms with E-state index in [9.17, 15) is 13.2 Å². The van der Waals surface area contributed by atoms with Crippen molar-refractivity contribution in [2.45, 2.75) is 17.5 Å². The van der Waals surface area contributed by atoms with Gasteiger partial charge < -0.3 is 5.11 Å². The maximum atomic E-state index is 12.3. The number of aromatic nitrogens is 2. The van der Waals surface area contributed by atoms with E-state index in [2.05, 4.69) is 9.82 Å². The van der Waals surface area contributed by atoms with Gasteiger partial charge in [-0.1, -0.05) is 30.3 Å². The molecule has 112 valence electrons. The molecular formula is C13H15N3O4S. The summed E-state index contributed by atoms with van der Waals surface area (Å²) in [5, 5.41) is 12.8. The van der Waals surface area contributed by atoms with E-state index in [1.807, 2.05) is 0 Å². The van der Waals surface area contributed by atoms with Crippen LogP contribution in [0.4, 0.5) is 0 Å². The summed E-state index contributed by atoms with van der Waals surface area (Å²) in [5.74, 6) is -1.09.